The molecule has 19 heavy (non-hydrogen) atoms. The highest BCUT2D eigenvalue weighted by Crippen LogP contribution is 2.36. The van der Waals surface area contributed by atoms with E-state index in [0.29, 0.717) is 4.47 Å². The Bertz CT molecular complexity index is 634. The van der Waals surface area contributed by atoms with Gasteiger partial charge in [-0.15, -0.1) is 0 Å². The molecule has 6 heteroatoms. The average molecular weight is 349 g/mol. The number of aromatic nitrogens is 1. The Balaban J connectivity index is 2.60. The fourth-order valence-electron chi connectivity index (χ4n) is 1.74. The Labute approximate surface area is 122 Å². The molecule has 2 aromatic rings. The van der Waals surface area contributed by atoms with E-state index in [4.69, 9.17) is 11.6 Å². The molecule has 0 radical (unpaired) electrons. The van der Waals surface area contributed by atoms with Crippen LogP contribution < -0.4 is 0 Å². The van der Waals surface area contributed by atoms with E-state index < -0.39 is 17.2 Å². The smallest absolute Gasteiger partial charge is 0.149 e. The highest BCUT2D eigenvalue weighted by atomic mass is 79.9. The molecule has 0 aliphatic heterocycles. The Kier molecular flexibility index (Phi) is 3.90. The van der Waals surface area contributed by atoms with Crippen molar-refractivity contribution < 1.29 is 13.9 Å². The standard InChI is InChI=1S/C13H9BrClF2NO/c1-13(19,7-4-8(16)6-18-5-7)9-2-3-10(14)11(15)12(9)17/h2-6,19H,1H3. The molecule has 100 valence electrons. The van der Waals surface area contributed by atoms with Gasteiger partial charge in [0.1, 0.15) is 17.2 Å². The van der Waals surface area contributed by atoms with E-state index in [-0.39, 0.29) is 16.1 Å². The van der Waals surface area contributed by atoms with Gasteiger partial charge in [0.25, 0.3) is 0 Å². The summed E-state index contributed by atoms with van der Waals surface area (Å²) in [6.07, 6.45) is 2.28. The minimum Gasteiger partial charge on any atom is -0.381 e. The van der Waals surface area contributed by atoms with Crippen molar-refractivity contribution in [2.45, 2.75) is 12.5 Å². The van der Waals surface area contributed by atoms with Crippen molar-refractivity contribution in [1.29, 1.82) is 0 Å². The van der Waals surface area contributed by atoms with Gasteiger partial charge in [-0.05, 0) is 35.0 Å². The molecule has 2 rings (SSSR count). The van der Waals surface area contributed by atoms with E-state index in [2.05, 4.69) is 20.9 Å². The Hall–Kier alpha value is -1.04. The zero-order valence-corrected chi connectivity index (χ0v) is 12.1. The first-order valence-electron chi connectivity index (χ1n) is 5.31. The van der Waals surface area contributed by atoms with Gasteiger partial charge in [-0.2, -0.15) is 0 Å². The van der Waals surface area contributed by atoms with Crippen LogP contribution in [0.2, 0.25) is 5.02 Å². The average Bonchev–Trinajstić information content (AvgIpc) is 2.36. The molecule has 0 fully saturated rings. The third kappa shape index (κ3) is 2.63. The molecule has 0 spiro atoms. The number of hydrogen-bond donors (Lipinski definition) is 1. The Morgan fingerprint density at radius 1 is 1.32 bits per heavy atom. The summed E-state index contributed by atoms with van der Waals surface area (Å²) in [6, 6.07) is 4.00. The minimum atomic E-state index is -1.73. The van der Waals surface area contributed by atoms with Gasteiger partial charge in [-0.25, -0.2) is 8.78 Å². The van der Waals surface area contributed by atoms with Crippen LogP contribution in [0.1, 0.15) is 18.1 Å². The number of rotatable bonds is 2. The van der Waals surface area contributed by atoms with Gasteiger partial charge in [0, 0.05) is 21.8 Å². The molecule has 0 saturated heterocycles. The first-order chi connectivity index (χ1) is 8.84. The summed E-state index contributed by atoms with van der Waals surface area (Å²) in [5.74, 6) is -1.37. The van der Waals surface area contributed by atoms with E-state index in [1.165, 1.54) is 25.3 Å². The van der Waals surface area contributed by atoms with Gasteiger partial charge in [0.15, 0.2) is 0 Å². The molecule has 1 heterocycles. The van der Waals surface area contributed by atoms with Crippen LogP contribution in [0.3, 0.4) is 0 Å². The van der Waals surface area contributed by atoms with Crippen molar-refractivity contribution in [3.63, 3.8) is 0 Å². The van der Waals surface area contributed by atoms with Crippen LogP contribution in [0.25, 0.3) is 0 Å². The molecule has 1 unspecified atom stereocenters. The second-order valence-corrected chi connectivity index (χ2v) is 5.42. The maximum atomic E-state index is 14.1. The van der Waals surface area contributed by atoms with Crippen LogP contribution in [-0.2, 0) is 5.60 Å². The number of aliphatic hydroxyl groups is 1. The lowest BCUT2D eigenvalue weighted by molar-refractivity contribution is 0.0971. The Morgan fingerprint density at radius 2 is 2.00 bits per heavy atom. The summed E-state index contributed by atoms with van der Waals surface area (Å²) in [5, 5.41) is 10.3. The normalized spacial score (nSPS) is 14.2. The van der Waals surface area contributed by atoms with Crippen molar-refractivity contribution in [3.05, 3.63) is 62.8 Å². The highest BCUT2D eigenvalue weighted by Gasteiger charge is 2.31. The number of halogens is 4. The molecule has 1 N–H and O–H groups in total. The van der Waals surface area contributed by atoms with Crippen molar-refractivity contribution in [2.75, 3.05) is 0 Å². The molecule has 2 nitrogen and oxygen atoms in total. The molecule has 1 aromatic carbocycles. The summed E-state index contributed by atoms with van der Waals surface area (Å²) < 4.78 is 27.6. The summed E-state index contributed by atoms with van der Waals surface area (Å²) in [6.45, 7) is 1.35. The lowest BCUT2D eigenvalue weighted by Crippen LogP contribution is -2.25. The van der Waals surface area contributed by atoms with Crippen molar-refractivity contribution in [3.8, 4) is 0 Å². The maximum absolute atomic E-state index is 14.1. The van der Waals surface area contributed by atoms with E-state index in [9.17, 15) is 13.9 Å². The van der Waals surface area contributed by atoms with Gasteiger partial charge in [-0.1, -0.05) is 17.7 Å². The second kappa shape index (κ2) is 5.15. The second-order valence-electron chi connectivity index (χ2n) is 4.19. The van der Waals surface area contributed by atoms with Crippen LogP contribution in [0, 0.1) is 11.6 Å². The van der Waals surface area contributed by atoms with E-state index >= 15 is 0 Å². The highest BCUT2D eigenvalue weighted by molar-refractivity contribution is 9.10. The van der Waals surface area contributed by atoms with E-state index in [1.807, 2.05) is 0 Å². The molecule has 1 aromatic heterocycles. The number of hydrogen-bond acceptors (Lipinski definition) is 2. The predicted octanol–water partition coefficient (Wildman–Crippen LogP) is 4.03. The van der Waals surface area contributed by atoms with Crippen LogP contribution >= 0.6 is 27.5 Å². The molecule has 0 aliphatic carbocycles. The van der Waals surface area contributed by atoms with Gasteiger partial charge in [0.2, 0.25) is 0 Å². The zero-order valence-electron chi connectivity index (χ0n) is 9.79. The van der Waals surface area contributed by atoms with Crippen molar-refractivity contribution >= 4 is 27.5 Å². The third-order valence-electron chi connectivity index (χ3n) is 2.83. The van der Waals surface area contributed by atoms with Gasteiger partial charge < -0.3 is 5.11 Å². The van der Waals surface area contributed by atoms with Crippen LogP contribution in [-0.4, -0.2) is 10.1 Å². The van der Waals surface area contributed by atoms with Crippen molar-refractivity contribution in [2.24, 2.45) is 0 Å². The van der Waals surface area contributed by atoms with E-state index in [1.54, 1.807) is 0 Å². The third-order valence-corrected chi connectivity index (χ3v) is 4.09. The van der Waals surface area contributed by atoms with Crippen molar-refractivity contribution in [1.82, 2.24) is 4.98 Å². The quantitative estimate of drug-likeness (QED) is 0.831. The fraction of sp³-hybridized carbons (Fsp3) is 0.154. The van der Waals surface area contributed by atoms with Gasteiger partial charge >= 0.3 is 0 Å². The largest absolute Gasteiger partial charge is 0.381 e. The minimum absolute atomic E-state index is 0.0481. The van der Waals surface area contributed by atoms with E-state index in [0.717, 1.165) is 12.3 Å². The maximum Gasteiger partial charge on any atom is 0.149 e. The fourth-order valence-corrected chi connectivity index (χ4v) is 2.21. The van der Waals surface area contributed by atoms with Crippen LogP contribution in [0.15, 0.2) is 35.1 Å². The number of pyridine rings is 1. The first kappa shape index (κ1) is 14.4. The Morgan fingerprint density at radius 3 is 2.63 bits per heavy atom. The molecule has 0 saturated carbocycles. The lowest BCUT2D eigenvalue weighted by atomic mass is 9.89. The topological polar surface area (TPSA) is 33.1 Å². The molecule has 0 amide bonds. The zero-order chi connectivity index (χ0) is 14.2. The number of benzene rings is 1. The predicted molar refractivity (Wildman–Crippen MR) is 72.0 cm³/mol. The SMILES string of the molecule is CC(O)(c1cncc(F)c1)c1ccc(Br)c(Cl)c1F. The summed E-state index contributed by atoms with van der Waals surface area (Å²) in [5.41, 5.74) is -1.64. The molecule has 1 atom stereocenters. The summed E-state index contributed by atoms with van der Waals surface area (Å²) in [7, 11) is 0. The lowest BCUT2D eigenvalue weighted by Gasteiger charge is -2.25. The summed E-state index contributed by atoms with van der Waals surface area (Å²) in [4.78, 5) is 3.65. The molecular formula is C13H9BrClF2NO. The molecule has 0 aliphatic rings. The van der Waals surface area contributed by atoms with Gasteiger partial charge in [0.05, 0.1) is 11.2 Å². The molecule has 0 bridgehead atoms. The van der Waals surface area contributed by atoms with Crippen LogP contribution in [0.4, 0.5) is 8.78 Å². The monoisotopic (exact) mass is 347 g/mol. The van der Waals surface area contributed by atoms with Gasteiger partial charge in [-0.3, -0.25) is 4.98 Å². The molecular weight excluding hydrogens is 340 g/mol. The number of nitrogens with zero attached hydrogens (tertiary/aromatic N) is 1. The summed E-state index contributed by atoms with van der Waals surface area (Å²) >= 11 is 8.87. The van der Waals surface area contributed by atoms with Crippen LogP contribution in [0.5, 0.6) is 0 Å². The first-order valence-corrected chi connectivity index (χ1v) is 6.48.